The van der Waals surface area contributed by atoms with E-state index in [0.29, 0.717) is 6.61 Å². The van der Waals surface area contributed by atoms with Crippen molar-refractivity contribution in [1.82, 2.24) is 0 Å². The molecule has 0 bridgehead atoms. The van der Waals surface area contributed by atoms with Crippen LogP contribution in [0, 0.1) is 0 Å². The third kappa shape index (κ3) is 4.91. The monoisotopic (exact) mass is 234 g/mol. The van der Waals surface area contributed by atoms with Gasteiger partial charge in [-0.15, -0.1) is 0 Å². The van der Waals surface area contributed by atoms with E-state index in [-0.39, 0.29) is 5.41 Å². The van der Waals surface area contributed by atoms with E-state index in [2.05, 4.69) is 45.0 Å². The maximum absolute atomic E-state index is 8.73. The lowest BCUT2D eigenvalue weighted by Gasteiger charge is -2.22. The average Bonchev–Trinajstić information content (AvgIpc) is 2.28. The van der Waals surface area contributed by atoms with E-state index in [1.54, 1.807) is 0 Å². The molecule has 0 amide bonds. The first-order valence-electron chi connectivity index (χ1n) is 6.75. The van der Waals surface area contributed by atoms with Gasteiger partial charge in [0, 0.05) is 6.61 Å². The molecular weight excluding hydrogens is 208 g/mol. The van der Waals surface area contributed by atoms with E-state index >= 15 is 0 Å². The standard InChI is InChI=1S/C16H26O/c1-16(2,3)15-12-8-7-11-14(15)10-6-4-5-9-13-17/h7-8,11-12,17H,4-6,9-10,13H2,1-3H3. The highest BCUT2D eigenvalue weighted by molar-refractivity contribution is 5.32. The molecule has 1 N–H and O–H groups in total. The molecule has 0 aliphatic rings. The van der Waals surface area contributed by atoms with E-state index in [1.807, 2.05) is 0 Å². The van der Waals surface area contributed by atoms with Crippen LogP contribution in [-0.4, -0.2) is 11.7 Å². The predicted octanol–water partition coefficient (Wildman–Crippen LogP) is 4.08. The topological polar surface area (TPSA) is 20.2 Å². The van der Waals surface area contributed by atoms with E-state index in [4.69, 9.17) is 5.11 Å². The highest BCUT2D eigenvalue weighted by atomic mass is 16.2. The molecule has 1 heteroatoms. The second-order valence-corrected chi connectivity index (χ2v) is 5.79. The van der Waals surface area contributed by atoms with Crippen molar-refractivity contribution in [3.05, 3.63) is 35.4 Å². The molecule has 0 spiro atoms. The number of unbranched alkanes of at least 4 members (excludes halogenated alkanes) is 3. The Bertz CT molecular complexity index is 323. The summed E-state index contributed by atoms with van der Waals surface area (Å²) in [5, 5.41) is 8.73. The Hall–Kier alpha value is -0.820. The molecule has 0 radical (unpaired) electrons. The van der Waals surface area contributed by atoms with Crippen molar-refractivity contribution >= 4 is 0 Å². The predicted molar refractivity (Wildman–Crippen MR) is 74.4 cm³/mol. The van der Waals surface area contributed by atoms with E-state index in [1.165, 1.54) is 30.4 Å². The van der Waals surface area contributed by atoms with Gasteiger partial charge in [-0.1, -0.05) is 57.9 Å². The molecule has 1 aromatic rings. The summed E-state index contributed by atoms with van der Waals surface area (Å²) in [6, 6.07) is 8.78. The van der Waals surface area contributed by atoms with Gasteiger partial charge in [-0.2, -0.15) is 0 Å². The molecule has 0 aliphatic carbocycles. The van der Waals surface area contributed by atoms with Gasteiger partial charge in [0.2, 0.25) is 0 Å². The lowest BCUT2D eigenvalue weighted by Crippen LogP contribution is -2.14. The third-order valence-corrected chi connectivity index (χ3v) is 3.18. The number of hydrogen-bond donors (Lipinski definition) is 1. The Kier molecular flexibility index (Phi) is 5.70. The average molecular weight is 234 g/mol. The van der Waals surface area contributed by atoms with Gasteiger partial charge in [0.25, 0.3) is 0 Å². The maximum atomic E-state index is 8.73. The van der Waals surface area contributed by atoms with Gasteiger partial charge >= 0.3 is 0 Å². The van der Waals surface area contributed by atoms with Crippen molar-refractivity contribution in [2.75, 3.05) is 6.61 Å². The molecule has 0 saturated carbocycles. The first kappa shape index (κ1) is 14.2. The third-order valence-electron chi connectivity index (χ3n) is 3.18. The molecule has 0 aliphatic heterocycles. The number of aliphatic hydroxyl groups is 1. The molecular formula is C16H26O. The van der Waals surface area contributed by atoms with Crippen LogP contribution >= 0.6 is 0 Å². The molecule has 1 aromatic carbocycles. The Morgan fingerprint density at radius 1 is 0.941 bits per heavy atom. The summed E-state index contributed by atoms with van der Waals surface area (Å²) in [4.78, 5) is 0. The molecule has 17 heavy (non-hydrogen) atoms. The van der Waals surface area contributed by atoms with Crippen LogP contribution in [0.3, 0.4) is 0 Å². The summed E-state index contributed by atoms with van der Waals surface area (Å²) in [7, 11) is 0. The summed E-state index contributed by atoms with van der Waals surface area (Å²) in [6.45, 7) is 7.16. The molecule has 0 saturated heterocycles. The van der Waals surface area contributed by atoms with Crippen LogP contribution in [0.15, 0.2) is 24.3 Å². The molecule has 0 aromatic heterocycles. The van der Waals surface area contributed by atoms with Crippen LogP contribution in [-0.2, 0) is 11.8 Å². The first-order valence-corrected chi connectivity index (χ1v) is 6.75. The largest absolute Gasteiger partial charge is 0.396 e. The minimum Gasteiger partial charge on any atom is -0.396 e. The summed E-state index contributed by atoms with van der Waals surface area (Å²) >= 11 is 0. The zero-order valence-corrected chi connectivity index (χ0v) is 11.5. The molecule has 0 heterocycles. The highest BCUT2D eigenvalue weighted by Gasteiger charge is 2.16. The second-order valence-electron chi connectivity index (χ2n) is 5.79. The summed E-state index contributed by atoms with van der Waals surface area (Å²) < 4.78 is 0. The highest BCUT2D eigenvalue weighted by Crippen LogP contribution is 2.26. The van der Waals surface area contributed by atoms with E-state index in [0.717, 1.165) is 12.8 Å². The van der Waals surface area contributed by atoms with Crippen molar-refractivity contribution in [3.8, 4) is 0 Å². The van der Waals surface area contributed by atoms with Crippen LogP contribution in [0.25, 0.3) is 0 Å². The second kappa shape index (κ2) is 6.80. The number of aryl methyl sites for hydroxylation is 1. The molecule has 0 atom stereocenters. The van der Waals surface area contributed by atoms with E-state index < -0.39 is 0 Å². The first-order chi connectivity index (χ1) is 8.05. The smallest absolute Gasteiger partial charge is 0.0431 e. The molecule has 96 valence electrons. The van der Waals surface area contributed by atoms with Crippen molar-refractivity contribution in [2.45, 2.75) is 58.3 Å². The van der Waals surface area contributed by atoms with Crippen LogP contribution in [0.1, 0.15) is 57.6 Å². The van der Waals surface area contributed by atoms with Gasteiger partial charge in [-0.25, -0.2) is 0 Å². The van der Waals surface area contributed by atoms with Crippen molar-refractivity contribution in [1.29, 1.82) is 0 Å². The van der Waals surface area contributed by atoms with Crippen LogP contribution in [0.4, 0.5) is 0 Å². The minimum absolute atomic E-state index is 0.238. The number of aliphatic hydroxyl groups excluding tert-OH is 1. The van der Waals surface area contributed by atoms with Crippen molar-refractivity contribution in [3.63, 3.8) is 0 Å². The fraction of sp³-hybridized carbons (Fsp3) is 0.625. The number of hydrogen-bond acceptors (Lipinski definition) is 1. The summed E-state index contributed by atoms with van der Waals surface area (Å²) in [6.07, 6.45) is 5.71. The number of benzene rings is 1. The minimum atomic E-state index is 0.238. The van der Waals surface area contributed by atoms with Gasteiger partial charge in [0.15, 0.2) is 0 Å². The van der Waals surface area contributed by atoms with Crippen molar-refractivity contribution < 1.29 is 5.11 Å². The molecule has 0 fully saturated rings. The van der Waals surface area contributed by atoms with Crippen LogP contribution < -0.4 is 0 Å². The fourth-order valence-electron chi connectivity index (χ4n) is 2.25. The summed E-state index contributed by atoms with van der Waals surface area (Å²) in [5.41, 5.74) is 3.20. The van der Waals surface area contributed by atoms with Gasteiger partial charge in [-0.3, -0.25) is 0 Å². The van der Waals surface area contributed by atoms with Gasteiger partial charge in [0.05, 0.1) is 0 Å². The Balaban J connectivity index is 2.53. The maximum Gasteiger partial charge on any atom is 0.0431 e. The fourth-order valence-corrected chi connectivity index (χ4v) is 2.25. The quantitative estimate of drug-likeness (QED) is 0.735. The van der Waals surface area contributed by atoms with E-state index in [9.17, 15) is 0 Å². The molecule has 0 unspecified atom stereocenters. The normalized spacial score (nSPS) is 11.8. The van der Waals surface area contributed by atoms with Crippen LogP contribution in [0.5, 0.6) is 0 Å². The Morgan fingerprint density at radius 2 is 1.59 bits per heavy atom. The SMILES string of the molecule is CC(C)(C)c1ccccc1CCCCCCO. The van der Waals surface area contributed by atoms with Crippen molar-refractivity contribution in [2.24, 2.45) is 0 Å². The van der Waals surface area contributed by atoms with Gasteiger partial charge < -0.3 is 5.11 Å². The lowest BCUT2D eigenvalue weighted by atomic mass is 9.82. The zero-order chi connectivity index (χ0) is 12.7. The zero-order valence-electron chi connectivity index (χ0n) is 11.5. The lowest BCUT2D eigenvalue weighted by molar-refractivity contribution is 0.282. The molecule has 1 rings (SSSR count). The number of rotatable bonds is 6. The molecule has 1 nitrogen and oxygen atoms in total. The Morgan fingerprint density at radius 3 is 2.24 bits per heavy atom. The Labute approximate surface area is 106 Å². The summed E-state index contributed by atoms with van der Waals surface area (Å²) in [5.74, 6) is 0. The van der Waals surface area contributed by atoms with Crippen LogP contribution in [0.2, 0.25) is 0 Å². The van der Waals surface area contributed by atoms with Gasteiger partial charge in [0.1, 0.15) is 0 Å². The van der Waals surface area contributed by atoms with Gasteiger partial charge in [-0.05, 0) is 35.8 Å².